The third-order valence-corrected chi connectivity index (χ3v) is 3.44. The Kier molecular flexibility index (Phi) is 1.60. The summed E-state index contributed by atoms with van der Waals surface area (Å²) in [6, 6.07) is 0. The minimum Gasteiger partial charge on any atom is -0.431 e. The largest absolute Gasteiger partial charge is 0.431 e. The fourth-order valence-electron chi connectivity index (χ4n) is 2.47. The fraction of sp³-hybridized carbons (Fsp3) is 0.727. The van der Waals surface area contributed by atoms with Gasteiger partial charge in [-0.2, -0.15) is 0 Å². The van der Waals surface area contributed by atoms with Gasteiger partial charge in [0.15, 0.2) is 0 Å². The first-order valence-corrected chi connectivity index (χ1v) is 4.82. The van der Waals surface area contributed by atoms with Gasteiger partial charge in [-0.25, -0.2) is 0 Å². The van der Waals surface area contributed by atoms with E-state index in [-0.39, 0.29) is 11.4 Å². The second kappa shape index (κ2) is 2.37. The van der Waals surface area contributed by atoms with Crippen LogP contribution in [0.15, 0.2) is 11.3 Å². The molecule has 1 saturated carbocycles. The average Bonchev–Trinajstić information content (AvgIpc) is 2.52. The Labute approximate surface area is 79.0 Å². The van der Waals surface area contributed by atoms with Gasteiger partial charge in [0.05, 0.1) is 6.42 Å². The van der Waals surface area contributed by atoms with Crippen molar-refractivity contribution in [1.29, 1.82) is 0 Å². The van der Waals surface area contributed by atoms with E-state index in [9.17, 15) is 4.79 Å². The van der Waals surface area contributed by atoms with Crippen LogP contribution in [0, 0.1) is 17.3 Å². The molecule has 2 heteroatoms. The molecular formula is C11H16O2. The number of rotatable bonds is 0. The number of cyclic esters (lactones) is 1. The van der Waals surface area contributed by atoms with Crippen molar-refractivity contribution in [1.82, 2.24) is 0 Å². The summed E-state index contributed by atoms with van der Waals surface area (Å²) in [4.78, 5) is 11.2. The summed E-state index contributed by atoms with van der Waals surface area (Å²) >= 11 is 0. The lowest BCUT2D eigenvalue weighted by Gasteiger charge is -2.14. The Balaban J connectivity index is 2.33. The molecule has 0 spiro atoms. The fourth-order valence-corrected chi connectivity index (χ4v) is 2.47. The highest BCUT2D eigenvalue weighted by molar-refractivity contribution is 5.74. The van der Waals surface area contributed by atoms with Gasteiger partial charge >= 0.3 is 5.97 Å². The number of esters is 1. The molecule has 0 N–H and O–H groups in total. The van der Waals surface area contributed by atoms with Crippen LogP contribution < -0.4 is 0 Å². The predicted molar refractivity (Wildman–Crippen MR) is 49.8 cm³/mol. The summed E-state index contributed by atoms with van der Waals surface area (Å²) in [5.41, 5.74) is 1.42. The van der Waals surface area contributed by atoms with Gasteiger partial charge in [0, 0.05) is 5.92 Å². The van der Waals surface area contributed by atoms with Gasteiger partial charge in [0.25, 0.3) is 0 Å². The molecule has 1 heterocycles. The lowest BCUT2D eigenvalue weighted by atomic mass is 10.1. The van der Waals surface area contributed by atoms with Crippen LogP contribution in [-0.4, -0.2) is 5.97 Å². The van der Waals surface area contributed by atoms with Gasteiger partial charge in [0.1, 0.15) is 5.76 Å². The van der Waals surface area contributed by atoms with Crippen LogP contribution in [0.1, 0.15) is 34.1 Å². The Hall–Kier alpha value is -0.790. The topological polar surface area (TPSA) is 26.3 Å². The first kappa shape index (κ1) is 8.79. The molecule has 0 amide bonds. The zero-order valence-electron chi connectivity index (χ0n) is 8.68. The summed E-state index contributed by atoms with van der Waals surface area (Å²) in [5, 5.41) is 0. The van der Waals surface area contributed by atoms with Crippen LogP contribution in [0.3, 0.4) is 0 Å². The van der Waals surface area contributed by atoms with Crippen molar-refractivity contribution >= 4 is 5.97 Å². The van der Waals surface area contributed by atoms with Gasteiger partial charge in [0.2, 0.25) is 0 Å². The molecule has 1 saturated heterocycles. The van der Waals surface area contributed by atoms with Crippen molar-refractivity contribution in [2.45, 2.75) is 34.1 Å². The third-order valence-electron chi connectivity index (χ3n) is 3.44. The molecule has 0 radical (unpaired) electrons. The molecule has 2 nitrogen and oxygen atoms in total. The summed E-state index contributed by atoms with van der Waals surface area (Å²) in [5.74, 6) is 1.91. The molecule has 0 aromatic carbocycles. The molecule has 13 heavy (non-hydrogen) atoms. The van der Waals surface area contributed by atoms with Crippen LogP contribution in [0.4, 0.5) is 0 Å². The number of ether oxygens (including phenoxy) is 1. The van der Waals surface area contributed by atoms with Crippen molar-refractivity contribution in [3.8, 4) is 0 Å². The summed E-state index contributed by atoms with van der Waals surface area (Å²) < 4.78 is 5.28. The highest BCUT2D eigenvalue weighted by atomic mass is 16.5. The zero-order chi connectivity index (χ0) is 9.80. The SMILES string of the molecule is CC(C)=C1OC(=O)CC2C1C2(C)C. The maximum Gasteiger partial charge on any atom is 0.311 e. The number of hydrogen-bond acceptors (Lipinski definition) is 2. The van der Waals surface area contributed by atoms with E-state index in [1.165, 1.54) is 0 Å². The van der Waals surface area contributed by atoms with E-state index in [1.807, 2.05) is 13.8 Å². The maximum absolute atomic E-state index is 11.2. The molecule has 1 aliphatic carbocycles. The van der Waals surface area contributed by atoms with Crippen LogP contribution >= 0.6 is 0 Å². The minimum absolute atomic E-state index is 0.0528. The van der Waals surface area contributed by atoms with Gasteiger partial charge in [-0.15, -0.1) is 0 Å². The molecule has 2 rings (SSSR count). The minimum atomic E-state index is -0.0528. The molecule has 0 aromatic heterocycles. The molecule has 2 fully saturated rings. The van der Waals surface area contributed by atoms with E-state index in [1.54, 1.807) is 0 Å². The number of allylic oxidation sites excluding steroid dienone is 2. The number of carbonyl (C=O) groups excluding carboxylic acids is 1. The molecule has 72 valence electrons. The smallest absolute Gasteiger partial charge is 0.311 e. The summed E-state index contributed by atoms with van der Waals surface area (Å²) in [6.07, 6.45) is 0.606. The van der Waals surface area contributed by atoms with Crippen molar-refractivity contribution < 1.29 is 9.53 Å². The summed E-state index contributed by atoms with van der Waals surface area (Å²) in [7, 11) is 0. The molecule has 0 bridgehead atoms. The normalized spacial score (nSPS) is 35.1. The predicted octanol–water partition coefficient (Wildman–Crippen LogP) is 2.50. The van der Waals surface area contributed by atoms with Crippen LogP contribution in [0.25, 0.3) is 0 Å². The molecule has 2 aliphatic rings. The van der Waals surface area contributed by atoms with Gasteiger partial charge < -0.3 is 4.74 Å². The Bertz CT molecular complexity index is 295. The molecule has 1 aliphatic heterocycles. The number of hydrogen-bond donors (Lipinski definition) is 0. The summed E-state index contributed by atoms with van der Waals surface area (Å²) in [6.45, 7) is 8.46. The lowest BCUT2D eigenvalue weighted by molar-refractivity contribution is -0.142. The standard InChI is InChI=1S/C11H16O2/c1-6(2)10-9-7(11(9,3)4)5-8(12)13-10/h7,9H,5H2,1-4H3. The van der Waals surface area contributed by atoms with Gasteiger partial charge in [-0.05, 0) is 30.8 Å². The van der Waals surface area contributed by atoms with Crippen molar-refractivity contribution in [3.63, 3.8) is 0 Å². The van der Waals surface area contributed by atoms with E-state index in [4.69, 9.17) is 4.74 Å². The zero-order valence-corrected chi connectivity index (χ0v) is 8.68. The third kappa shape index (κ3) is 1.11. The van der Waals surface area contributed by atoms with Crippen LogP contribution in [-0.2, 0) is 9.53 Å². The second-order valence-electron chi connectivity index (χ2n) is 4.95. The first-order valence-electron chi connectivity index (χ1n) is 4.82. The van der Waals surface area contributed by atoms with Gasteiger partial charge in [-0.1, -0.05) is 13.8 Å². The maximum atomic E-state index is 11.2. The Morgan fingerprint density at radius 2 is 2.08 bits per heavy atom. The van der Waals surface area contributed by atoms with Crippen molar-refractivity contribution in [2.24, 2.45) is 17.3 Å². The van der Waals surface area contributed by atoms with Crippen LogP contribution in [0.2, 0.25) is 0 Å². The highest BCUT2D eigenvalue weighted by Gasteiger charge is 2.63. The van der Waals surface area contributed by atoms with E-state index >= 15 is 0 Å². The quantitative estimate of drug-likeness (QED) is 0.535. The molecule has 2 unspecified atom stereocenters. The van der Waals surface area contributed by atoms with Gasteiger partial charge in [-0.3, -0.25) is 4.79 Å². The van der Waals surface area contributed by atoms with Crippen molar-refractivity contribution in [3.05, 3.63) is 11.3 Å². The van der Waals surface area contributed by atoms with E-state index in [0.717, 1.165) is 11.3 Å². The Morgan fingerprint density at radius 3 is 2.62 bits per heavy atom. The molecule has 0 aromatic rings. The first-order chi connectivity index (χ1) is 5.94. The monoisotopic (exact) mass is 180 g/mol. The van der Waals surface area contributed by atoms with E-state index in [2.05, 4.69) is 13.8 Å². The number of carbonyl (C=O) groups is 1. The number of fused-ring (bicyclic) bond motifs is 1. The highest BCUT2D eigenvalue weighted by Crippen LogP contribution is 2.65. The second-order valence-corrected chi connectivity index (χ2v) is 4.95. The molecule has 2 atom stereocenters. The van der Waals surface area contributed by atoms with E-state index in [0.29, 0.717) is 18.3 Å². The average molecular weight is 180 g/mol. The Morgan fingerprint density at radius 1 is 1.46 bits per heavy atom. The van der Waals surface area contributed by atoms with E-state index < -0.39 is 0 Å². The molecular weight excluding hydrogens is 164 g/mol. The van der Waals surface area contributed by atoms with Crippen molar-refractivity contribution in [2.75, 3.05) is 0 Å². The van der Waals surface area contributed by atoms with Crippen LogP contribution in [0.5, 0.6) is 0 Å². The lowest BCUT2D eigenvalue weighted by Crippen LogP contribution is -2.13.